The second-order valence-electron chi connectivity index (χ2n) is 12.7. The molecule has 5 aromatic rings. The lowest BCUT2D eigenvalue weighted by molar-refractivity contribution is -0.130. The number of carbonyl (C=O) groups is 1. The number of nitrogens with one attached hydrogen (secondary N) is 2. The van der Waals surface area contributed by atoms with Gasteiger partial charge in [0.15, 0.2) is 11.6 Å². The van der Waals surface area contributed by atoms with Gasteiger partial charge in [0, 0.05) is 41.7 Å². The maximum absolute atomic E-state index is 14.8. The van der Waals surface area contributed by atoms with Gasteiger partial charge in [0.1, 0.15) is 5.75 Å². The summed E-state index contributed by atoms with van der Waals surface area (Å²) in [7, 11) is 0. The van der Waals surface area contributed by atoms with Crippen LogP contribution in [0.2, 0.25) is 0 Å². The van der Waals surface area contributed by atoms with Crippen molar-refractivity contribution in [2.24, 2.45) is 10.1 Å². The Morgan fingerprint density at radius 3 is 2.22 bits per heavy atom. The number of rotatable bonds is 13. The van der Waals surface area contributed by atoms with E-state index in [0.717, 1.165) is 29.5 Å². The van der Waals surface area contributed by atoms with E-state index in [1.54, 1.807) is 12.1 Å². The Kier molecular flexibility index (Phi) is 10.1. The highest BCUT2D eigenvalue weighted by molar-refractivity contribution is 6.01. The van der Waals surface area contributed by atoms with Gasteiger partial charge in [0.2, 0.25) is 5.90 Å². The van der Waals surface area contributed by atoms with Crippen molar-refractivity contribution in [2.75, 3.05) is 13.2 Å². The van der Waals surface area contributed by atoms with Crippen molar-refractivity contribution in [1.82, 2.24) is 10.9 Å². The summed E-state index contributed by atoms with van der Waals surface area (Å²) in [6.07, 6.45) is 1.35. The molecule has 3 N–H and O–H groups in total. The smallest absolute Gasteiger partial charge is 0.266 e. The Morgan fingerprint density at radius 2 is 1.51 bits per heavy atom. The maximum Gasteiger partial charge on any atom is 0.266 e. The molecule has 1 aliphatic heterocycles. The Hall–Kier alpha value is -5.93. The van der Waals surface area contributed by atoms with Gasteiger partial charge in [-0.25, -0.2) is 10.4 Å². The molecular formula is C41H38N6O4. The first-order valence-electron chi connectivity index (χ1n) is 17.1. The van der Waals surface area contributed by atoms with Crippen LogP contribution in [0.3, 0.4) is 0 Å². The number of azide groups is 1. The standard InChI is InChI=1S/C41H38N6O4/c42-47-45-37-14-7-6-13-34(37)27-41(40(49)46-44-35-25-32-11-4-5-12-33(32)26-35)38(30-17-15-29(16-18-30)28-9-2-1-3-10-28)51-39(43-41)31-19-21-36(22-20-31)50-24-8-23-48/h1-7,9-22,35,38,44,48H,8,23-27H2,(H,46,49)/t38-,41-/m0/s1. The van der Waals surface area contributed by atoms with Crippen LogP contribution in [0.25, 0.3) is 21.6 Å². The third-order valence-corrected chi connectivity index (χ3v) is 9.40. The van der Waals surface area contributed by atoms with E-state index < -0.39 is 11.6 Å². The Balaban J connectivity index is 1.28. The lowest BCUT2D eigenvalue weighted by Gasteiger charge is -2.32. The molecule has 2 aliphatic rings. The van der Waals surface area contributed by atoms with Crippen LogP contribution in [-0.2, 0) is 28.8 Å². The monoisotopic (exact) mass is 678 g/mol. The summed E-state index contributed by atoms with van der Waals surface area (Å²) >= 11 is 0. The average molecular weight is 679 g/mol. The third kappa shape index (κ3) is 7.34. The molecule has 256 valence electrons. The van der Waals surface area contributed by atoms with Gasteiger partial charge in [-0.3, -0.25) is 10.2 Å². The van der Waals surface area contributed by atoms with Gasteiger partial charge in [-0.05, 0) is 76.0 Å². The van der Waals surface area contributed by atoms with Crippen LogP contribution in [0.4, 0.5) is 5.69 Å². The van der Waals surface area contributed by atoms with Gasteiger partial charge < -0.3 is 14.6 Å². The molecule has 7 rings (SSSR count). The normalized spacial score (nSPS) is 17.9. The van der Waals surface area contributed by atoms with Crippen molar-refractivity contribution in [3.63, 3.8) is 0 Å². The molecule has 1 aliphatic carbocycles. The molecule has 0 bridgehead atoms. The van der Waals surface area contributed by atoms with Crippen LogP contribution in [-0.4, -0.2) is 41.7 Å². The van der Waals surface area contributed by atoms with E-state index in [0.29, 0.717) is 41.5 Å². The molecular weight excluding hydrogens is 640 g/mol. The lowest BCUT2D eigenvalue weighted by atomic mass is 9.81. The largest absolute Gasteiger partial charge is 0.494 e. The molecule has 1 amide bonds. The summed E-state index contributed by atoms with van der Waals surface area (Å²) in [6, 6.07) is 40.9. The maximum atomic E-state index is 14.8. The van der Waals surface area contributed by atoms with E-state index in [9.17, 15) is 10.3 Å². The number of amides is 1. The zero-order valence-electron chi connectivity index (χ0n) is 28.0. The van der Waals surface area contributed by atoms with Crippen molar-refractivity contribution in [2.45, 2.75) is 43.4 Å². The van der Waals surface area contributed by atoms with Crippen LogP contribution in [0.1, 0.15) is 40.3 Å². The van der Waals surface area contributed by atoms with Gasteiger partial charge in [-0.1, -0.05) is 108 Å². The topological polar surface area (TPSA) is 141 Å². The third-order valence-electron chi connectivity index (χ3n) is 9.40. The first-order chi connectivity index (χ1) is 25.1. The number of hydrogen-bond donors (Lipinski definition) is 3. The zero-order chi connectivity index (χ0) is 35.0. The van der Waals surface area contributed by atoms with E-state index in [-0.39, 0.29) is 25.0 Å². The number of carbonyl (C=O) groups excluding carboxylic acids is 1. The highest BCUT2D eigenvalue weighted by Gasteiger charge is 2.53. The van der Waals surface area contributed by atoms with Crippen LogP contribution in [0, 0.1) is 0 Å². The Morgan fingerprint density at radius 1 is 0.863 bits per heavy atom. The first kappa shape index (κ1) is 33.6. The van der Waals surface area contributed by atoms with Crippen molar-refractivity contribution in [1.29, 1.82) is 0 Å². The predicted molar refractivity (Wildman–Crippen MR) is 196 cm³/mol. The van der Waals surface area contributed by atoms with E-state index in [1.807, 2.05) is 91.0 Å². The number of ether oxygens (including phenoxy) is 2. The van der Waals surface area contributed by atoms with Crippen molar-refractivity contribution in [3.8, 4) is 16.9 Å². The highest BCUT2D eigenvalue weighted by atomic mass is 16.5. The molecule has 0 aromatic heterocycles. The van der Waals surface area contributed by atoms with Crippen molar-refractivity contribution < 1.29 is 19.4 Å². The summed E-state index contributed by atoms with van der Waals surface area (Å²) in [5.41, 5.74) is 21.4. The number of hydrogen-bond acceptors (Lipinski definition) is 7. The summed E-state index contributed by atoms with van der Waals surface area (Å²) in [6.45, 7) is 0.438. The number of hydrazine groups is 1. The van der Waals surface area contributed by atoms with Gasteiger partial charge in [0.25, 0.3) is 5.91 Å². The number of benzene rings is 5. The molecule has 0 fully saturated rings. The van der Waals surface area contributed by atoms with Crippen LogP contribution < -0.4 is 15.6 Å². The molecule has 51 heavy (non-hydrogen) atoms. The van der Waals surface area contributed by atoms with E-state index >= 15 is 0 Å². The van der Waals surface area contributed by atoms with Crippen molar-refractivity contribution >= 4 is 17.5 Å². The molecule has 0 unspecified atom stereocenters. The highest BCUT2D eigenvalue weighted by Crippen LogP contribution is 2.44. The second kappa shape index (κ2) is 15.3. The summed E-state index contributed by atoms with van der Waals surface area (Å²) in [5, 5.41) is 13.1. The molecule has 0 saturated carbocycles. The fraction of sp³-hybridized carbons (Fsp3) is 0.220. The molecule has 0 saturated heterocycles. The van der Waals surface area contributed by atoms with E-state index in [2.05, 4.69) is 45.1 Å². The number of nitrogens with zero attached hydrogens (tertiary/aromatic N) is 4. The molecule has 5 aromatic carbocycles. The summed E-state index contributed by atoms with van der Waals surface area (Å²) in [4.78, 5) is 23.0. The fourth-order valence-corrected chi connectivity index (χ4v) is 6.80. The van der Waals surface area contributed by atoms with Crippen molar-refractivity contribution in [3.05, 3.63) is 166 Å². The number of fused-ring (bicyclic) bond motifs is 1. The Labute approximate surface area is 296 Å². The number of aliphatic hydroxyl groups excluding tert-OH is 1. The Bertz CT molecular complexity index is 2040. The van der Waals surface area contributed by atoms with E-state index in [4.69, 9.17) is 19.6 Å². The van der Waals surface area contributed by atoms with Gasteiger partial charge in [0.05, 0.1) is 6.61 Å². The molecule has 0 spiro atoms. The predicted octanol–water partition coefficient (Wildman–Crippen LogP) is 7.34. The van der Waals surface area contributed by atoms with Crippen LogP contribution in [0.15, 0.2) is 138 Å². The summed E-state index contributed by atoms with van der Waals surface area (Å²) < 4.78 is 12.5. The summed E-state index contributed by atoms with van der Waals surface area (Å²) in [5.74, 6) is 0.580. The van der Waals surface area contributed by atoms with Gasteiger partial charge >= 0.3 is 0 Å². The van der Waals surface area contributed by atoms with E-state index in [1.165, 1.54) is 11.1 Å². The quantitative estimate of drug-likeness (QED) is 0.0393. The van der Waals surface area contributed by atoms with Crippen LogP contribution in [0.5, 0.6) is 5.75 Å². The molecule has 10 nitrogen and oxygen atoms in total. The first-order valence-corrected chi connectivity index (χ1v) is 17.1. The SMILES string of the molecule is [N-]=[N+]=Nc1ccccc1C[C@]1(C(=O)NNC2Cc3ccccc3C2)N=C(c2ccc(OCCCO)cc2)O[C@H]1c1ccc(-c2ccccc2)cc1. The van der Waals surface area contributed by atoms with Gasteiger partial charge in [-0.15, -0.1) is 0 Å². The zero-order valence-corrected chi connectivity index (χ0v) is 28.0. The van der Waals surface area contributed by atoms with Crippen LogP contribution >= 0.6 is 0 Å². The fourth-order valence-electron chi connectivity index (χ4n) is 6.80. The molecule has 0 radical (unpaired) electrons. The minimum atomic E-state index is -1.50. The molecule has 10 heteroatoms. The van der Waals surface area contributed by atoms with Gasteiger partial charge in [-0.2, -0.15) is 0 Å². The minimum Gasteiger partial charge on any atom is -0.494 e. The number of aliphatic hydroxyl groups is 1. The molecule has 1 heterocycles. The average Bonchev–Trinajstić information content (AvgIpc) is 3.78. The lowest BCUT2D eigenvalue weighted by Crippen LogP contribution is -2.56. The minimum absolute atomic E-state index is 0.00614. The number of aliphatic imine (C=N–C) groups is 1. The molecule has 2 atom stereocenters. The second-order valence-corrected chi connectivity index (χ2v) is 12.7.